The van der Waals surface area contributed by atoms with Crippen molar-refractivity contribution in [1.29, 1.82) is 0 Å². The molecule has 6 heteroatoms. The van der Waals surface area contributed by atoms with Crippen molar-refractivity contribution in [3.05, 3.63) is 205 Å². The third kappa shape index (κ3) is 7.34. The number of para-hydroxylation sites is 2. The van der Waals surface area contributed by atoms with Crippen LogP contribution in [0.15, 0.2) is 187 Å². The van der Waals surface area contributed by atoms with E-state index in [2.05, 4.69) is 185 Å². The number of imidazole rings is 1. The van der Waals surface area contributed by atoms with Crippen LogP contribution in [0.5, 0.6) is 5.75 Å². The van der Waals surface area contributed by atoms with Gasteiger partial charge in [0, 0.05) is 54.7 Å². The third-order valence-corrected chi connectivity index (χ3v) is 12.9. The molecule has 1 N–H and O–H groups in total. The van der Waals surface area contributed by atoms with Gasteiger partial charge in [-0.3, -0.25) is 9.55 Å². The van der Waals surface area contributed by atoms with Crippen LogP contribution in [0.4, 0.5) is 0 Å². The van der Waals surface area contributed by atoms with Gasteiger partial charge in [0.1, 0.15) is 22.7 Å². The Hall–Kier alpha value is -7.07. The summed E-state index contributed by atoms with van der Waals surface area (Å²) in [5, 5.41) is 15.8. The van der Waals surface area contributed by atoms with E-state index in [1.807, 2.05) is 36.5 Å². The first-order valence-electron chi connectivity index (χ1n) is 21.9. The van der Waals surface area contributed by atoms with Crippen molar-refractivity contribution < 1.29 is 30.6 Å². The number of nitrogens with zero attached hydrogens (tertiary/aromatic N) is 3. The SMILES string of the molecule is CC(C)(C)c1ccc(-n2c(-c3ccccc3O)nc3c(-c4[c-]c(-c5cc6oc7cc8ccccc8cc7c6cn5)cc(C(C)(C)c5ccccc5)c4)cccc32)c(-c2ccccc2)c1.[Pt]. The number of aromatic hydroxyl groups is 1. The first kappa shape index (κ1) is 41.9. The number of aromatic nitrogens is 3. The van der Waals surface area contributed by atoms with Gasteiger partial charge in [0.05, 0.1) is 22.3 Å². The van der Waals surface area contributed by atoms with Crippen molar-refractivity contribution >= 4 is 43.7 Å². The summed E-state index contributed by atoms with van der Waals surface area (Å²) < 4.78 is 8.76. The molecule has 8 aromatic carbocycles. The Kier molecular flexibility index (Phi) is 10.4. The number of hydrogen-bond donors (Lipinski definition) is 1. The first-order chi connectivity index (χ1) is 31.0. The fourth-order valence-electron chi connectivity index (χ4n) is 9.19. The van der Waals surface area contributed by atoms with E-state index in [1.54, 1.807) is 6.07 Å². The number of fused-ring (bicyclic) bond motifs is 5. The number of hydrogen-bond acceptors (Lipinski definition) is 4. The van der Waals surface area contributed by atoms with Crippen LogP contribution in [0, 0.1) is 6.07 Å². The van der Waals surface area contributed by atoms with Crippen LogP contribution >= 0.6 is 0 Å². The second-order valence-electron chi connectivity index (χ2n) is 18.4. The van der Waals surface area contributed by atoms with Crippen molar-refractivity contribution in [2.24, 2.45) is 0 Å². The average Bonchev–Trinajstić information content (AvgIpc) is 3.88. The van der Waals surface area contributed by atoms with Crippen LogP contribution in [0.1, 0.15) is 51.3 Å². The van der Waals surface area contributed by atoms with Gasteiger partial charge in [-0.1, -0.05) is 161 Å². The topological polar surface area (TPSA) is 64.1 Å². The van der Waals surface area contributed by atoms with E-state index in [1.165, 1.54) is 11.1 Å². The predicted octanol–water partition coefficient (Wildman–Crippen LogP) is 15.3. The summed E-state index contributed by atoms with van der Waals surface area (Å²) >= 11 is 0. The Morgan fingerprint density at radius 1 is 0.554 bits per heavy atom. The summed E-state index contributed by atoms with van der Waals surface area (Å²) in [5.74, 6) is 0.806. The van der Waals surface area contributed by atoms with Gasteiger partial charge in [0.2, 0.25) is 0 Å². The summed E-state index contributed by atoms with van der Waals surface area (Å²) in [6.45, 7) is 11.3. The Bertz CT molecular complexity index is 3580. The summed E-state index contributed by atoms with van der Waals surface area (Å²) in [7, 11) is 0. The molecular weight excluding hydrogens is 978 g/mol. The van der Waals surface area contributed by atoms with E-state index in [9.17, 15) is 5.11 Å². The molecule has 320 valence electrons. The van der Waals surface area contributed by atoms with E-state index in [4.69, 9.17) is 14.4 Å². The van der Waals surface area contributed by atoms with Gasteiger partial charge < -0.3 is 9.52 Å². The molecular formula is C59H46N3O2Pt-. The molecule has 5 nitrogen and oxygen atoms in total. The molecule has 3 aromatic heterocycles. The molecule has 0 aliphatic rings. The van der Waals surface area contributed by atoms with Gasteiger partial charge in [-0.15, -0.1) is 29.3 Å². The molecule has 0 unspecified atom stereocenters. The molecule has 0 saturated carbocycles. The van der Waals surface area contributed by atoms with Gasteiger partial charge in [-0.05, 0) is 81.4 Å². The maximum Gasteiger partial charge on any atom is 0.148 e. The standard InChI is InChI=1S/C59H46N3O2.Pt/c1-58(2,3)43-27-28-51(47(34-43)37-17-8-6-9-18-37)62-52-25-16-24-45(56(52)61-57(62)46-23-14-15-26-53(46)63)40-29-41(31-44(30-40)59(4,5)42-21-10-7-11-22-42)50-35-55-49(36-60-50)48-32-38-19-12-13-20-39(38)33-54(48)64-55;/h6-28,30-36,63H,1-5H3;/q-1;. The Labute approximate surface area is 393 Å². The molecule has 11 rings (SSSR count). The minimum absolute atomic E-state index is 0. The molecule has 0 atom stereocenters. The van der Waals surface area contributed by atoms with Crippen LogP contribution in [0.3, 0.4) is 0 Å². The molecule has 11 aromatic rings. The monoisotopic (exact) mass is 1020 g/mol. The maximum absolute atomic E-state index is 11.5. The largest absolute Gasteiger partial charge is 0.507 e. The maximum atomic E-state index is 11.5. The van der Waals surface area contributed by atoms with Gasteiger partial charge in [0.15, 0.2) is 0 Å². The van der Waals surface area contributed by atoms with Crippen LogP contribution < -0.4 is 0 Å². The van der Waals surface area contributed by atoms with Gasteiger partial charge in [-0.2, -0.15) is 0 Å². The molecule has 0 amide bonds. The van der Waals surface area contributed by atoms with Crippen LogP contribution in [0.2, 0.25) is 0 Å². The van der Waals surface area contributed by atoms with Gasteiger partial charge >= 0.3 is 0 Å². The zero-order valence-corrected chi connectivity index (χ0v) is 39.1. The number of benzene rings is 8. The van der Waals surface area contributed by atoms with Crippen molar-refractivity contribution in [2.45, 2.75) is 45.4 Å². The zero-order chi connectivity index (χ0) is 43.7. The summed E-state index contributed by atoms with van der Waals surface area (Å²) in [6.07, 6.45) is 1.93. The molecule has 0 saturated heterocycles. The van der Waals surface area contributed by atoms with E-state index in [-0.39, 0.29) is 37.6 Å². The van der Waals surface area contributed by atoms with Crippen LogP contribution in [-0.2, 0) is 31.9 Å². The molecule has 0 radical (unpaired) electrons. The van der Waals surface area contributed by atoms with E-state index < -0.39 is 0 Å². The third-order valence-electron chi connectivity index (χ3n) is 12.9. The number of furan rings is 1. The number of phenolic OH excluding ortho intramolecular Hbond substituents is 1. The quantitative estimate of drug-likeness (QED) is 0.162. The molecule has 0 aliphatic carbocycles. The first-order valence-corrected chi connectivity index (χ1v) is 21.9. The van der Waals surface area contributed by atoms with E-state index in [0.717, 1.165) is 88.5 Å². The average molecular weight is 1020 g/mol. The smallest absolute Gasteiger partial charge is 0.148 e. The van der Waals surface area contributed by atoms with Crippen LogP contribution in [0.25, 0.3) is 94.3 Å². The Balaban J connectivity index is 0.00000498. The molecule has 0 aliphatic heterocycles. The van der Waals surface area contributed by atoms with Crippen molar-refractivity contribution in [2.75, 3.05) is 0 Å². The van der Waals surface area contributed by atoms with Gasteiger partial charge in [0.25, 0.3) is 0 Å². The fourth-order valence-corrected chi connectivity index (χ4v) is 9.19. The number of rotatable bonds is 7. The number of phenols is 1. The second-order valence-corrected chi connectivity index (χ2v) is 18.4. The minimum Gasteiger partial charge on any atom is -0.507 e. The number of pyridine rings is 1. The Morgan fingerprint density at radius 3 is 1.97 bits per heavy atom. The minimum atomic E-state index is -0.378. The summed E-state index contributed by atoms with van der Waals surface area (Å²) in [4.78, 5) is 10.6. The van der Waals surface area contributed by atoms with Crippen LogP contribution in [-0.4, -0.2) is 19.6 Å². The molecule has 3 heterocycles. The summed E-state index contributed by atoms with van der Waals surface area (Å²) in [5.41, 5.74) is 13.6. The summed E-state index contributed by atoms with van der Waals surface area (Å²) in [6, 6.07) is 64.7. The predicted molar refractivity (Wildman–Crippen MR) is 263 cm³/mol. The Morgan fingerprint density at radius 2 is 1.22 bits per heavy atom. The van der Waals surface area contributed by atoms with Gasteiger partial charge in [-0.25, -0.2) is 4.98 Å². The second kappa shape index (κ2) is 16.2. The van der Waals surface area contributed by atoms with Crippen molar-refractivity contribution in [3.63, 3.8) is 0 Å². The molecule has 0 spiro atoms. The fraction of sp³-hybridized carbons (Fsp3) is 0.119. The van der Waals surface area contributed by atoms with E-state index >= 15 is 0 Å². The molecule has 65 heavy (non-hydrogen) atoms. The van der Waals surface area contributed by atoms with Crippen molar-refractivity contribution in [3.8, 4) is 56.3 Å². The normalized spacial score (nSPS) is 12.0. The van der Waals surface area contributed by atoms with Crippen molar-refractivity contribution in [1.82, 2.24) is 14.5 Å². The molecule has 0 fully saturated rings. The van der Waals surface area contributed by atoms with E-state index in [0.29, 0.717) is 11.4 Å². The zero-order valence-electron chi connectivity index (χ0n) is 36.8. The molecule has 0 bridgehead atoms.